The summed E-state index contributed by atoms with van der Waals surface area (Å²) in [7, 11) is 0. The highest BCUT2D eigenvalue weighted by Gasteiger charge is 2.54. The molecule has 2 fully saturated rings. The van der Waals surface area contributed by atoms with Gasteiger partial charge in [0.1, 0.15) is 6.61 Å². The number of ether oxygens (including phenoxy) is 2. The number of nitrogens with zero attached hydrogens (tertiary/aromatic N) is 1. The van der Waals surface area contributed by atoms with Crippen molar-refractivity contribution in [2.45, 2.75) is 26.2 Å². The summed E-state index contributed by atoms with van der Waals surface area (Å²) >= 11 is 0. The van der Waals surface area contributed by atoms with Crippen LogP contribution < -0.4 is 9.47 Å². The van der Waals surface area contributed by atoms with Crippen LogP contribution in [0.5, 0.6) is 11.5 Å². The van der Waals surface area contributed by atoms with E-state index in [1.165, 1.54) is 0 Å². The number of hydrogen-bond acceptors (Lipinski definition) is 4. The van der Waals surface area contributed by atoms with Gasteiger partial charge in [0.2, 0.25) is 0 Å². The molecule has 1 N–H and O–H groups in total. The Balaban J connectivity index is 1.54. The molecule has 1 aliphatic carbocycles. The zero-order chi connectivity index (χ0) is 16.3. The number of para-hydroxylation sites is 2. The van der Waals surface area contributed by atoms with Crippen molar-refractivity contribution in [2.24, 2.45) is 11.3 Å². The fraction of sp³-hybridized carbons (Fsp3) is 0.611. The number of likely N-dealkylation sites (tertiary alicyclic amines) is 1. The summed E-state index contributed by atoms with van der Waals surface area (Å²) in [4.78, 5) is 13.9. The SMILES string of the molecule is CCOc1ccccc1OCCN1C[C@@H]2CCC[C@@]2(C(=O)O)C1. The molecule has 3 rings (SSSR count). The van der Waals surface area contributed by atoms with Gasteiger partial charge in [-0.15, -0.1) is 0 Å². The third kappa shape index (κ3) is 3.15. The van der Waals surface area contributed by atoms with Gasteiger partial charge in [-0.3, -0.25) is 9.69 Å². The lowest BCUT2D eigenvalue weighted by Crippen LogP contribution is -2.36. The Kier molecular flexibility index (Phi) is 4.76. The van der Waals surface area contributed by atoms with Crippen LogP contribution in [0.15, 0.2) is 24.3 Å². The molecule has 0 spiro atoms. The first kappa shape index (κ1) is 16.1. The van der Waals surface area contributed by atoms with Crippen molar-refractivity contribution in [2.75, 3.05) is 32.8 Å². The predicted octanol–water partition coefficient (Wildman–Crippen LogP) is 2.65. The Morgan fingerprint density at radius 3 is 2.74 bits per heavy atom. The van der Waals surface area contributed by atoms with Crippen molar-refractivity contribution < 1.29 is 19.4 Å². The van der Waals surface area contributed by atoms with E-state index < -0.39 is 11.4 Å². The second kappa shape index (κ2) is 6.79. The Morgan fingerprint density at radius 1 is 1.35 bits per heavy atom. The number of rotatable bonds is 7. The smallest absolute Gasteiger partial charge is 0.311 e. The number of hydrogen-bond donors (Lipinski definition) is 1. The van der Waals surface area contributed by atoms with Crippen LogP contribution in [0, 0.1) is 11.3 Å². The van der Waals surface area contributed by atoms with Crippen molar-refractivity contribution in [3.05, 3.63) is 24.3 Å². The van der Waals surface area contributed by atoms with E-state index in [1.807, 2.05) is 31.2 Å². The van der Waals surface area contributed by atoms with Crippen LogP contribution in [-0.4, -0.2) is 48.8 Å². The zero-order valence-corrected chi connectivity index (χ0v) is 13.7. The molecule has 0 unspecified atom stereocenters. The molecule has 1 saturated carbocycles. The molecule has 1 aromatic carbocycles. The Bertz CT molecular complexity index is 562. The van der Waals surface area contributed by atoms with Gasteiger partial charge < -0.3 is 14.6 Å². The van der Waals surface area contributed by atoms with Gasteiger partial charge >= 0.3 is 5.97 Å². The van der Waals surface area contributed by atoms with Crippen molar-refractivity contribution in [3.8, 4) is 11.5 Å². The van der Waals surface area contributed by atoms with E-state index in [1.54, 1.807) is 0 Å². The number of benzene rings is 1. The van der Waals surface area contributed by atoms with Gasteiger partial charge in [-0.25, -0.2) is 0 Å². The van der Waals surface area contributed by atoms with E-state index >= 15 is 0 Å². The summed E-state index contributed by atoms with van der Waals surface area (Å²) in [6.45, 7) is 5.39. The molecule has 2 aliphatic rings. The monoisotopic (exact) mass is 319 g/mol. The molecule has 0 radical (unpaired) electrons. The summed E-state index contributed by atoms with van der Waals surface area (Å²) in [5, 5.41) is 9.62. The number of carboxylic acid groups (broad SMARTS) is 1. The topological polar surface area (TPSA) is 59.0 Å². The Hall–Kier alpha value is -1.75. The lowest BCUT2D eigenvalue weighted by Gasteiger charge is -2.23. The highest BCUT2D eigenvalue weighted by molar-refractivity contribution is 5.76. The molecule has 5 nitrogen and oxygen atoms in total. The Morgan fingerprint density at radius 2 is 2.09 bits per heavy atom. The van der Waals surface area contributed by atoms with Gasteiger partial charge in [0.15, 0.2) is 11.5 Å². The maximum absolute atomic E-state index is 11.7. The molecule has 1 heterocycles. The molecule has 0 bridgehead atoms. The molecule has 23 heavy (non-hydrogen) atoms. The standard InChI is InChI=1S/C18H25NO4/c1-2-22-15-7-3-4-8-16(15)23-11-10-19-12-14-6-5-9-18(14,13-19)17(20)21/h3-4,7-8,14H,2,5-6,9-13H2,1H3,(H,20,21)/t14-,18+/m0/s1. The van der Waals surface area contributed by atoms with Gasteiger partial charge in [-0.1, -0.05) is 18.6 Å². The van der Waals surface area contributed by atoms with Crippen LogP contribution in [0.1, 0.15) is 26.2 Å². The van der Waals surface area contributed by atoms with E-state index in [-0.39, 0.29) is 0 Å². The summed E-state index contributed by atoms with van der Waals surface area (Å²) in [5.74, 6) is 1.19. The van der Waals surface area contributed by atoms with Crippen LogP contribution in [0.25, 0.3) is 0 Å². The summed E-state index contributed by atoms with van der Waals surface area (Å²) in [6, 6.07) is 7.66. The van der Waals surface area contributed by atoms with Crippen LogP contribution in [0.2, 0.25) is 0 Å². The Labute approximate surface area is 137 Å². The molecular weight excluding hydrogens is 294 g/mol. The number of carbonyl (C=O) groups is 1. The highest BCUT2D eigenvalue weighted by Crippen LogP contribution is 2.48. The largest absolute Gasteiger partial charge is 0.490 e. The van der Waals surface area contributed by atoms with Crippen molar-refractivity contribution in [1.29, 1.82) is 0 Å². The molecule has 1 aliphatic heterocycles. The van der Waals surface area contributed by atoms with Crippen LogP contribution in [0.3, 0.4) is 0 Å². The van der Waals surface area contributed by atoms with E-state index in [9.17, 15) is 9.90 Å². The first-order valence-corrected chi connectivity index (χ1v) is 8.46. The first-order chi connectivity index (χ1) is 11.2. The quantitative estimate of drug-likeness (QED) is 0.837. The van der Waals surface area contributed by atoms with E-state index in [2.05, 4.69) is 4.90 Å². The van der Waals surface area contributed by atoms with Crippen molar-refractivity contribution in [1.82, 2.24) is 4.90 Å². The molecule has 1 saturated heterocycles. The molecule has 1 aromatic rings. The molecule has 0 aromatic heterocycles. The zero-order valence-electron chi connectivity index (χ0n) is 13.7. The van der Waals surface area contributed by atoms with Crippen LogP contribution >= 0.6 is 0 Å². The average molecular weight is 319 g/mol. The fourth-order valence-corrected chi connectivity index (χ4v) is 4.04. The van der Waals surface area contributed by atoms with Crippen molar-refractivity contribution in [3.63, 3.8) is 0 Å². The molecule has 5 heteroatoms. The van der Waals surface area contributed by atoms with E-state index in [0.717, 1.165) is 43.9 Å². The minimum absolute atomic E-state index is 0.302. The molecular formula is C18H25NO4. The third-order valence-electron chi connectivity index (χ3n) is 5.18. The van der Waals surface area contributed by atoms with Gasteiger partial charge in [-0.05, 0) is 37.8 Å². The number of carboxylic acids is 1. The maximum Gasteiger partial charge on any atom is 0.311 e. The lowest BCUT2D eigenvalue weighted by molar-refractivity contribution is -0.149. The molecule has 2 atom stereocenters. The summed E-state index contributed by atoms with van der Waals surface area (Å²) in [5.41, 5.74) is -0.511. The first-order valence-electron chi connectivity index (χ1n) is 8.46. The lowest BCUT2D eigenvalue weighted by atomic mass is 9.81. The maximum atomic E-state index is 11.7. The summed E-state index contributed by atoms with van der Waals surface area (Å²) in [6.07, 6.45) is 2.90. The normalized spacial score (nSPS) is 26.9. The highest BCUT2D eigenvalue weighted by atomic mass is 16.5. The predicted molar refractivity (Wildman–Crippen MR) is 87.0 cm³/mol. The molecule has 0 amide bonds. The van der Waals surface area contributed by atoms with Crippen molar-refractivity contribution >= 4 is 5.97 Å². The van der Waals surface area contributed by atoms with E-state index in [4.69, 9.17) is 9.47 Å². The van der Waals surface area contributed by atoms with Crippen LogP contribution in [-0.2, 0) is 4.79 Å². The minimum Gasteiger partial charge on any atom is -0.490 e. The second-order valence-electron chi connectivity index (χ2n) is 6.51. The average Bonchev–Trinajstić information content (AvgIpc) is 3.07. The van der Waals surface area contributed by atoms with Crippen LogP contribution in [0.4, 0.5) is 0 Å². The van der Waals surface area contributed by atoms with Gasteiger partial charge in [0.25, 0.3) is 0 Å². The number of fused-ring (bicyclic) bond motifs is 1. The number of aliphatic carboxylic acids is 1. The third-order valence-corrected chi connectivity index (χ3v) is 5.18. The summed E-state index contributed by atoms with van der Waals surface area (Å²) < 4.78 is 11.4. The van der Waals surface area contributed by atoms with E-state index in [0.29, 0.717) is 25.7 Å². The molecule has 126 valence electrons. The minimum atomic E-state index is -0.620. The second-order valence-corrected chi connectivity index (χ2v) is 6.51. The van der Waals surface area contributed by atoms with Gasteiger partial charge in [-0.2, -0.15) is 0 Å². The van der Waals surface area contributed by atoms with Gasteiger partial charge in [0, 0.05) is 19.6 Å². The fourth-order valence-electron chi connectivity index (χ4n) is 4.04. The van der Waals surface area contributed by atoms with Gasteiger partial charge in [0.05, 0.1) is 12.0 Å².